The standard InChI is InChI=1S/C13H19NO4/c1-4-14(6-5-13(15)16)10-7-11(17-2)9-12(8-10)18-3/h7-9H,4-6H2,1-3H3,(H,15,16). The molecule has 0 aliphatic rings. The maximum absolute atomic E-state index is 10.6. The highest BCUT2D eigenvalue weighted by atomic mass is 16.5. The van der Waals surface area contributed by atoms with Crippen LogP contribution in [0.2, 0.25) is 0 Å². The summed E-state index contributed by atoms with van der Waals surface area (Å²) in [4.78, 5) is 12.6. The number of ether oxygens (including phenoxy) is 2. The van der Waals surface area contributed by atoms with Gasteiger partial charge in [-0.05, 0) is 6.92 Å². The molecule has 0 fully saturated rings. The Bertz CT molecular complexity index is 384. The Kier molecular flexibility index (Phi) is 5.30. The maximum Gasteiger partial charge on any atom is 0.305 e. The zero-order valence-corrected chi connectivity index (χ0v) is 11.0. The third-order valence-electron chi connectivity index (χ3n) is 2.68. The highest BCUT2D eigenvalue weighted by molar-refractivity contribution is 5.68. The number of hydrogen-bond acceptors (Lipinski definition) is 4. The van der Waals surface area contributed by atoms with Crippen LogP contribution in [-0.2, 0) is 4.79 Å². The average Bonchev–Trinajstić information content (AvgIpc) is 2.38. The zero-order chi connectivity index (χ0) is 13.5. The molecule has 1 N–H and O–H groups in total. The quantitative estimate of drug-likeness (QED) is 0.805. The monoisotopic (exact) mass is 253 g/mol. The van der Waals surface area contributed by atoms with Crippen molar-refractivity contribution < 1.29 is 19.4 Å². The van der Waals surface area contributed by atoms with Crippen LogP contribution < -0.4 is 14.4 Å². The van der Waals surface area contributed by atoms with E-state index in [-0.39, 0.29) is 6.42 Å². The predicted octanol–water partition coefficient (Wildman–Crippen LogP) is 2.00. The number of carboxylic acid groups (broad SMARTS) is 1. The summed E-state index contributed by atoms with van der Waals surface area (Å²) in [6.45, 7) is 3.17. The van der Waals surface area contributed by atoms with Crippen molar-refractivity contribution in [3.05, 3.63) is 18.2 Å². The lowest BCUT2D eigenvalue weighted by atomic mass is 10.2. The normalized spacial score (nSPS) is 9.94. The molecule has 0 bridgehead atoms. The van der Waals surface area contributed by atoms with Crippen LogP contribution in [0.25, 0.3) is 0 Å². The van der Waals surface area contributed by atoms with E-state index in [4.69, 9.17) is 14.6 Å². The van der Waals surface area contributed by atoms with Crippen LogP contribution in [0, 0.1) is 0 Å². The van der Waals surface area contributed by atoms with Gasteiger partial charge >= 0.3 is 5.97 Å². The predicted molar refractivity (Wildman–Crippen MR) is 69.7 cm³/mol. The Hall–Kier alpha value is -1.91. The highest BCUT2D eigenvalue weighted by Crippen LogP contribution is 2.28. The van der Waals surface area contributed by atoms with E-state index in [0.29, 0.717) is 18.0 Å². The largest absolute Gasteiger partial charge is 0.497 e. The van der Waals surface area contributed by atoms with Crippen LogP contribution in [0.4, 0.5) is 5.69 Å². The summed E-state index contributed by atoms with van der Waals surface area (Å²) in [5, 5.41) is 8.73. The Morgan fingerprint density at radius 3 is 2.17 bits per heavy atom. The van der Waals surface area contributed by atoms with E-state index in [1.54, 1.807) is 20.3 Å². The smallest absolute Gasteiger partial charge is 0.305 e. The molecule has 18 heavy (non-hydrogen) atoms. The number of aliphatic carboxylic acids is 1. The number of benzene rings is 1. The molecule has 0 atom stereocenters. The van der Waals surface area contributed by atoms with Crippen molar-refractivity contribution in [3.8, 4) is 11.5 Å². The molecule has 0 saturated heterocycles. The first-order valence-electron chi connectivity index (χ1n) is 5.80. The van der Waals surface area contributed by atoms with Crippen LogP contribution in [0.3, 0.4) is 0 Å². The van der Waals surface area contributed by atoms with Crippen LogP contribution in [0.15, 0.2) is 18.2 Å². The Morgan fingerprint density at radius 1 is 1.22 bits per heavy atom. The minimum absolute atomic E-state index is 0.105. The van der Waals surface area contributed by atoms with Crippen molar-refractivity contribution in [1.82, 2.24) is 0 Å². The zero-order valence-electron chi connectivity index (χ0n) is 11.0. The van der Waals surface area contributed by atoms with Gasteiger partial charge in [-0.25, -0.2) is 0 Å². The SMILES string of the molecule is CCN(CCC(=O)O)c1cc(OC)cc(OC)c1. The second kappa shape index (κ2) is 6.74. The molecule has 1 rings (SSSR count). The first kappa shape index (κ1) is 14.2. The number of carbonyl (C=O) groups is 1. The summed E-state index contributed by atoms with van der Waals surface area (Å²) in [6, 6.07) is 5.52. The third-order valence-corrected chi connectivity index (χ3v) is 2.68. The Balaban J connectivity index is 2.93. The first-order valence-corrected chi connectivity index (χ1v) is 5.80. The number of hydrogen-bond donors (Lipinski definition) is 1. The lowest BCUT2D eigenvalue weighted by molar-refractivity contribution is -0.136. The van der Waals surface area contributed by atoms with Gasteiger partial charge in [0, 0.05) is 37.0 Å². The molecule has 0 unspecified atom stereocenters. The van der Waals surface area contributed by atoms with E-state index in [9.17, 15) is 4.79 Å². The van der Waals surface area contributed by atoms with Crippen LogP contribution in [0.1, 0.15) is 13.3 Å². The molecule has 0 spiro atoms. The van der Waals surface area contributed by atoms with Gasteiger partial charge in [0.2, 0.25) is 0 Å². The molecule has 0 heterocycles. The van der Waals surface area contributed by atoms with Crippen LogP contribution in [-0.4, -0.2) is 38.4 Å². The van der Waals surface area contributed by atoms with Crippen LogP contribution in [0.5, 0.6) is 11.5 Å². The molecule has 100 valence electrons. The number of nitrogens with zero attached hydrogens (tertiary/aromatic N) is 1. The second-order valence-electron chi connectivity index (χ2n) is 3.79. The van der Waals surface area contributed by atoms with E-state index in [1.165, 1.54) is 0 Å². The molecule has 5 heteroatoms. The summed E-state index contributed by atoms with van der Waals surface area (Å²) < 4.78 is 10.4. The lowest BCUT2D eigenvalue weighted by Gasteiger charge is -2.23. The highest BCUT2D eigenvalue weighted by Gasteiger charge is 2.10. The fraction of sp³-hybridized carbons (Fsp3) is 0.462. The summed E-state index contributed by atoms with van der Waals surface area (Å²) in [7, 11) is 3.18. The van der Waals surface area contributed by atoms with Crippen molar-refractivity contribution in [2.75, 3.05) is 32.2 Å². The van der Waals surface area contributed by atoms with Gasteiger partial charge in [0.05, 0.1) is 20.6 Å². The van der Waals surface area contributed by atoms with Gasteiger partial charge in [0.15, 0.2) is 0 Å². The molecule has 0 radical (unpaired) electrons. The van der Waals surface area contributed by atoms with Crippen molar-refractivity contribution in [1.29, 1.82) is 0 Å². The number of rotatable bonds is 7. The molecule has 1 aromatic carbocycles. The van der Waals surface area contributed by atoms with Gasteiger partial charge < -0.3 is 19.5 Å². The third kappa shape index (κ3) is 3.84. The van der Waals surface area contributed by atoms with Gasteiger partial charge in [-0.2, -0.15) is 0 Å². The van der Waals surface area contributed by atoms with E-state index >= 15 is 0 Å². The van der Waals surface area contributed by atoms with E-state index in [0.717, 1.165) is 12.2 Å². The van der Waals surface area contributed by atoms with E-state index in [2.05, 4.69) is 0 Å². The minimum Gasteiger partial charge on any atom is -0.497 e. The van der Waals surface area contributed by atoms with Crippen molar-refractivity contribution in [3.63, 3.8) is 0 Å². The molecule has 0 aliphatic carbocycles. The van der Waals surface area contributed by atoms with Crippen molar-refractivity contribution in [2.24, 2.45) is 0 Å². The fourth-order valence-electron chi connectivity index (χ4n) is 1.68. The molecule has 0 saturated carbocycles. The van der Waals surface area contributed by atoms with Gasteiger partial charge in [-0.1, -0.05) is 0 Å². The topological polar surface area (TPSA) is 59.0 Å². The molecule has 0 amide bonds. The molecule has 0 aromatic heterocycles. The van der Waals surface area contributed by atoms with Gasteiger partial charge in [-0.15, -0.1) is 0 Å². The molecular weight excluding hydrogens is 234 g/mol. The maximum atomic E-state index is 10.6. The molecule has 0 aliphatic heterocycles. The van der Waals surface area contributed by atoms with Crippen LogP contribution >= 0.6 is 0 Å². The lowest BCUT2D eigenvalue weighted by Crippen LogP contribution is -2.25. The van der Waals surface area contributed by atoms with E-state index in [1.807, 2.05) is 24.0 Å². The van der Waals surface area contributed by atoms with Gasteiger partial charge in [-0.3, -0.25) is 4.79 Å². The Morgan fingerprint density at radius 2 is 1.78 bits per heavy atom. The van der Waals surface area contributed by atoms with Gasteiger partial charge in [0.25, 0.3) is 0 Å². The van der Waals surface area contributed by atoms with Gasteiger partial charge in [0.1, 0.15) is 11.5 Å². The minimum atomic E-state index is -0.802. The second-order valence-corrected chi connectivity index (χ2v) is 3.79. The Labute approximate surface area is 107 Å². The summed E-state index contributed by atoms with van der Waals surface area (Å²) in [5.41, 5.74) is 0.898. The summed E-state index contributed by atoms with van der Waals surface area (Å²) >= 11 is 0. The van der Waals surface area contributed by atoms with Crippen molar-refractivity contribution in [2.45, 2.75) is 13.3 Å². The number of methoxy groups -OCH3 is 2. The fourth-order valence-corrected chi connectivity index (χ4v) is 1.68. The first-order chi connectivity index (χ1) is 8.60. The molecular formula is C13H19NO4. The summed E-state index contributed by atoms with van der Waals surface area (Å²) in [6.07, 6.45) is 0.105. The number of anilines is 1. The van der Waals surface area contributed by atoms with Crippen molar-refractivity contribution >= 4 is 11.7 Å². The summed E-state index contributed by atoms with van der Waals surface area (Å²) in [5.74, 6) is 0.583. The average molecular weight is 253 g/mol. The molecule has 5 nitrogen and oxygen atoms in total. The molecule has 1 aromatic rings. The van der Waals surface area contributed by atoms with E-state index < -0.39 is 5.97 Å². The number of carboxylic acids is 1.